The number of nitrogens with one attached hydrogen (secondary N) is 4. The van der Waals surface area contributed by atoms with Gasteiger partial charge in [-0.05, 0) is 87.2 Å². The molecule has 16 heteroatoms. The summed E-state index contributed by atoms with van der Waals surface area (Å²) in [6, 6.07) is 12.5. The molecule has 2 unspecified atom stereocenters. The van der Waals surface area contributed by atoms with Crippen LogP contribution in [-0.4, -0.2) is 102 Å². The number of fused-ring (bicyclic) bond motifs is 1. The van der Waals surface area contributed by atoms with Crippen molar-refractivity contribution in [3.63, 3.8) is 0 Å². The molecule has 0 bridgehead atoms. The number of piperazine rings is 1. The lowest BCUT2D eigenvalue weighted by Crippen LogP contribution is -2.47. The number of rotatable bonds is 14. The van der Waals surface area contributed by atoms with Gasteiger partial charge in [-0.25, -0.2) is 18.3 Å². The van der Waals surface area contributed by atoms with E-state index in [1.54, 1.807) is 12.3 Å². The number of halogens is 2. The Morgan fingerprint density at radius 2 is 1.71 bits per heavy atom. The minimum atomic E-state index is -0.493. The smallest absolute Gasteiger partial charge is 0.256 e. The number of imide groups is 1. The van der Waals surface area contributed by atoms with Crippen LogP contribution < -0.4 is 31.1 Å². The van der Waals surface area contributed by atoms with E-state index in [0.717, 1.165) is 69.1 Å². The summed E-state index contributed by atoms with van der Waals surface area (Å²) in [5, 5.41) is 15.7. The molecule has 0 saturated carbocycles. The number of anilines is 3. The van der Waals surface area contributed by atoms with E-state index in [4.69, 9.17) is 4.98 Å². The molecule has 0 spiro atoms. The van der Waals surface area contributed by atoms with Gasteiger partial charge in [0.1, 0.15) is 29.1 Å². The summed E-state index contributed by atoms with van der Waals surface area (Å²) >= 11 is 0. The normalized spacial score (nSPS) is 19.1. The van der Waals surface area contributed by atoms with Crippen LogP contribution in [0.15, 0.2) is 60.9 Å². The highest BCUT2D eigenvalue weighted by Gasteiger charge is 2.30. The van der Waals surface area contributed by atoms with E-state index in [0.29, 0.717) is 68.8 Å². The number of hydrogen-bond acceptors (Lipinski definition) is 10. The predicted octanol–water partition coefficient (Wildman–Crippen LogP) is 3.40. The van der Waals surface area contributed by atoms with E-state index < -0.39 is 17.7 Å². The van der Waals surface area contributed by atoms with Crippen molar-refractivity contribution in [2.45, 2.75) is 57.0 Å². The lowest BCUT2D eigenvalue weighted by molar-refractivity contribution is -0.133. The average molecular weight is 757 g/mol. The standard InChI is InChI=1S/C39H46F2N10O4/c40-26-6-11-31(41)29(24-26)33-4-1-18-50(33)34-14-19-51-37(46-34)30(25-44-51)38(54)43-16-3-15-42-35(52)5-2-17-48-20-22-49(23-21-48)28-9-7-27(8-10-28)45-32-12-13-36(53)47-39(32)55/h6-11,14,19,24-25,32-33,45H,1-5,12-13,15-18,20-23H2,(H,42,52)(H,43,54)(H,47,53,55). The highest BCUT2D eigenvalue weighted by atomic mass is 19.1. The number of nitrogens with zero attached hydrogens (tertiary/aromatic N) is 6. The monoisotopic (exact) mass is 756 g/mol. The molecular weight excluding hydrogens is 710 g/mol. The maximum absolute atomic E-state index is 14.6. The summed E-state index contributed by atoms with van der Waals surface area (Å²) in [4.78, 5) is 60.3. The number of aromatic nitrogens is 3. The SMILES string of the molecule is O=C(CCCN1CCN(c2ccc(NC3CCC(=O)NC3=O)cc2)CC1)NCCCNC(=O)c1cnn2ccc(N3CCCC3c3cc(F)ccc3F)nc12. The minimum Gasteiger partial charge on any atom is -0.374 e. The second-order valence-corrected chi connectivity index (χ2v) is 14.2. The summed E-state index contributed by atoms with van der Waals surface area (Å²) in [7, 11) is 0. The molecule has 5 heterocycles. The van der Waals surface area contributed by atoms with Crippen molar-refractivity contribution < 1.29 is 28.0 Å². The maximum atomic E-state index is 14.6. The Kier molecular flexibility index (Phi) is 11.8. The molecule has 4 aromatic rings. The molecule has 2 aromatic heterocycles. The fraction of sp³-hybridized carbons (Fsp3) is 0.436. The van der Waals surface area contributed by atoms with Gasteiger partial charge < -0.3 is 25.8 Å². The number of hydrogen-bond donors (Lipinski definition) is 4. The summed E-state index contributed by atoms with van der Waals surface area (Å²) in [6.07, 6.45) is 7.16. The van der Waals surface area contributed by atoms with Crippen molar-refractivity contribution >= 4 is 46.5 Å². The molecular formula is C39H46F2N10O4. The van der Waals surface area contributed by atoms with E-state index in [1.165, 1.54) is 16.8 Å². The van der Waals surface area contributed by atoms with Crippen LogP contribution in [0.3, 0.4) is 0 Å². The Balaban J connectivity index is 0.785. The lowest BCUT2D eigenvalue weighted by Gasteiger charge is -2.36. The predicted molar refractivity (Wildman–Crippen MR) is 203 cm³/mol. The Bertz CT molecular complexity index is 2020. The zero-order chi connectivity index (χ0) is 38.3. The zero-order valence-corrected chi connectivity index (χ0v) is 30.6. The van der Waals surface area contributed by atoms with Crippen LogP contribution in [0.5, 0.6) is 0 Å². The van der Waals surface area contributed by atoms with Gasteiger partial charge in [0.05, 0.1) is 12.2 Å². The van der Waals surface area contributed by atoms with E-state index in [9.17, 15) is 28.0 Å². The van der Waals surface area contributed by atoms with Crippen molar-refractivity contribution in [1.29, 1.82) is 0 Å². The molecule has 3 fully saturated rings. The molecule has 3 aliphatic rings. The molecule has 3 aliphatic heterocycles. The quantitative estimate of drug-likeness (QED) is 0.111. The van der Waals surface area contributed by atoms with Gasteiger partial charge in [-0.1, -0.05) is 0 Å². The van der Waals surface area contributed by atoms with Gasteiger partial charge in [0, 0.05) is 81.8 Å². The van der Waals surface area contributed by atoms with Crippen LogP contribution in [0.1, 0.15) is 66.9 Å². The number of benzene rings is 2. The Morgan fingerprint density at radius 1 is 0.909 bits per heavy atom. The average Bonchev–Trinajstić information content (AvgIpc) is 3.85. The Labute approximate surface area is 317 Å². The van der Waals surface area contributed by atoms with Gasteiger partial charge in [-0.15, -0.1) is 0 Å². The van der Waals surface area contributed by atoms with Crippen LogP contribution in [0.25, 0.3) is 5.65 Å². The molecule has 0 radical (unpaired) electrons. The van der Waals surface area contributed by atoms with E-state index >= 15 is 0 Å². The summed E-state index contributed by atoms with van der Waals surface area (Å²) < 4.78 is 30.1. The highest BCUT2D eigenvalue weighted by molar-refractivity contribution is 6.01. The van der Waals surface area contributed by atoms with Crippen LogP contribution in [0.4, 0.5) is 26.0 Å². The second kappa shape index (κ2) is 17.2. The largest absolute Gasteiger partial charge is 0.374 e. The first-order chi connectivity index (χ1) is 26.7. The third kappa shape index (κ3) is 9.19. The number of amides is 4. The molecule has 3 saturated heterocycles. The molecule has 4 amide bonds. The number of carbonyl (C=O) groups is 4. The van der Waals surface area contributed by atoms with Crippen LogP contribution in [-0.2, 0) is 14.4 Å². The fourth-order valence-electron chi connectivity index (χ4n) is 7.51. The van der Waals surface area contributed by atoms with Gasteiger partial charge in [0.2, 0.25) is 17.7 Å². The Hall–Kier alpha value is -5.64. The van der Waals surface area contributed by atoms with Crippen molar-refractivity contribution in [3.8, 4) is 0 Å². The first-order valence-corrected chi connectivity index (χ1v) is 19.0. The van der Waals surface area contributed by atoms with Gasteiger partial charge in [0.15, 0.2) is 5.65 Å². The van der Waals surface area contributed by atoms with Crippen LogP contribution in [0, 0.1) is 11.6 Å². The van der Waals surface area contributed by atoms with Crippen LogP contribution in [0.2, 0.25) is 0 Å². The third-order valence-corrected chi connectivity index (χ3v) is 10.5. The van der Waals surface area contributed by atoms with Gasteiger partial charge in [0.25, 0.3) is 5.91 Å². The molecule has 0 aliphatic carbocycles. The first kappa shape index (κ1) is 37.7. The zero-order valence-electron chi connectivity index (χ0n) is 30.6. The molecule has 55 heavy (non-hydrogen) atoms. The summed E-state index contributed by atoms with van der Waals surface area (Å²) in [5.74, 6) is -1.27. The molecule has 7 rings (SSSR count). The van der Waals surface area contributed by atoms with E-state index in [1.807, 2.05) is 29.2 Å². The third-order valence-electron chi connectivity index (χ3n) is 10.5. The molecule has 290 valence electrons. The van der Waals surface area contributed by atoms with E-state index in [2.05, 4.69) is 36.2 Å². The molecule has 2 aromatic carbocycles. The first-order valence-electron chi connectivity index (χ1n) is 19.0. The maximum Gasteiger partial charge on any atom is 0.256 e. The topological polar surface area (TPSA) is 156 Å². The highest BCUT2D eigenvalue weighted by Crippen LogP contribution is 2.37. The summed E-state index contributed by atoms with van der Waals surface area (Å²) in [5.41, 5.74) is 2.91. The Morgan fingerprint density at radius 3 is 2.51 bits per heavy atom. The lowest BCUT2D eigenvalue weighted by atomic mass is 10.0. The van der Waals surface area contributed by atoms with Crippen LogP contribution >= 0.6 is 0 Å². The number of carbonyl (C=O) groups excluding carboxylic acids is 4. The molecule has 14 nitrogen and oxygen atoms in total. The van der Waals surface area contributed by atoms with Gasteiger partial charge in [-0.3, -0.25) is 29.4 Å². The van der Waals surface area contributed by atoms with Crippen molar-refractivity contribution in [2.75, 3.05) is 67.5 Å². The fourth-order valence-corrected chi connectivity index (χ4v) is 7.51. The molecule has 2 atom stereocenters. The van der Waals surface area contributed by atoms with Crippen molar-refractivity contribution in [3.05, 3.63) is 83.7 Å². The minimum absolute atomic E-state index is 0.0198. The van der Waals surface area contributed by atoms with Gasteiger partial charge in [-0.2, -0.15) is 5.10 Å². The molecule has 4 N–H and O–H groups in total. The number of piperidine rings is 1. The van der Waals surface area contributed by atoms with Gasteiger partial charge >= 0.3 is 0 Å². The van der Waals surface area contributed by atoms with Crippen molar-refractivity contribution in [1.82, 2.24) is 35.4 Å². The summed E-state index contributed by atoms with van der Waals surface area (Å²) in [6.45, 7) is 5.79. The van der Waals surface area contributed by atoms with Crippen molar-refractivity contribution in [2.24, 2.45) is 0 Å². The second-order valence-electron chi connectivity index (χ2n) is 14.2. The van der Waals surface area contributed by atoms with E-state index in [-0.39, 0.29) is 35.2 Å².